The number of hydrogen-bond donors (Lipinski definition) is 0. The highest BCUT2D eigenvalue weighted by Crippen LogP contribution is 2.23. The molecule has 0 aliphatic carbocycles. The van der Waals surface area contributed by atoms with E-state index in [9.17, 15) is 0 Å². The van der Waals surface area contributed by atoms with Crippen molar-refractivity contribution >= 4 is 28.8 Å². The van der Waals surface area contributed by atoms with Gasteiger partial charge >= 0.3 is 0 Å². The van der Waals surface area contributed by atoms with Gasteiger partial charge in [-0.15, -0.1) is 0 Å². The van der Waals surface area contributed by atoms with E-state index in [0.29, 0.717) is 5.16 Å². The molecule has 0 bridgehead atoms. The Morgan fingerprint density at radius 1 is 0.952 bits per heavy atom. The number of anilines is 1. The predicted molar refractivity (Wildman–Crippen MR) is 92.6 cm³/mol. The van der Waals surface area contributed by atoms with Crippen molar-refractivity contribution < 1.29 is 0 Å². The highest BCUT2D eigenvalue weighted by atomic mass is 35.5. The summed E-state index contributed by atoms with van der Waals surface area (Å²) in [4.78, 5) is 6.45. The second-order valence-electron chi connectivity index (χ2n) is 5.04. The summed E-state index contributed by atoms with van der Waals surface area (Å²) < 4.78 is 0. The molecule has 0 N–H and O–H groups in total. The molecule has 2 aromatic rings. The van der Waals surface area contributed by atoms with Gasteiger partial charge in [0.25, 0.3) is 0 Å². The summed E-state index contributed by atoms with van der Waals surface area (Å²) in [6, 6.07) is 16.2. The largest absolute Gasteiger partial charge is 0.289 e. The lowest BCUT2D eigenvalue weighted by atomic mass is 10.2. The Bertz CT molecular complexity index is 655. The van der Waals surface area contributed by atoms with E-state index in [1.54, 1.807) is 0 Å². The summed E-state index contributed by atoms with van der Waals surface area (Å²) in [6.45, 7) is 9.87. The van der Waals surface area contributed by atoms with E-state index in [2.05, 4.69) is 25.4 Å². The molecule has 0 fully saturated rings. The number of benzene rings is 2. The average Bonchev–Trinajstić information content (AvgIpc) is 2.43. The third-order valence-electron chi connectivity index (χ3n) is 3.18. The van der Waals surface area contributed by atoms with Gasteiger partial charge in [0.1, 0.15) is 11.0 Å². The summed E-state index contributed by atoms with van der Waals surface area (Å²) >= 11 is 6.16. The summed E-state index contributed by atoms with van der Waals surface area (Å²) in [5, 5.41) is 0.423. The molecular weight excluding hydrogens is 280 g/mol. The Kier molecular flexibility index (Phi) is 4.81. The SMILES string of the molecule is C=C(Cl)N(C(C)=Nc1ccc(C)cc1)c1ccc(C)cc1. The van der Waals surface area contributed by atoms with Crippen LogP contribution in [0.15, 0.2) is 65.3 Å². The molecular formula is C18H19ClN2. The first kappa shape index (κ1) is 15.3. The normalized spacial score (nSPS) is 11.3. The van der Waals surface area contributed by atoms with Gasteiger partial charge in [-0.25, -0.2) is 4.99 Å². The van der Waals surface area contributed by atoms with Gasteiger partial charge in [-0.1, -0.05) is 53.6 Å². The van der Waals surface area contributed by atoms with Crippen molar-refractivity contribution in [2.24, 2.45) is 4.99 Å². The zero-order chi connectivity index (χ0) is 15.4. The Morgan fingerprint density at radius 2 is 1.43 bits per heavy atom. The topological polar surface area (TPSA) is 15.6 Å². The Labute approximate surface area is 131 Å². The van der Waals surface area contributed by atoms with Gasteiger partial charge in [-0.2, -0.15) is 0 Å². The first-order chi connectivity index (χ1) is 9.97. The molecule has 2 rings (SSSR count). The number of halogens is 1. The fourth-order valence-electron chi connectivity index (χ4n) is 2.05. The van der Waals surface area contributed by atoms with Gasteiger partial charge in [0.15, 0.2) is 0 Å². The van der Waals surface area contributed by atoms with Crippen LogP contribution in [0.25, 0.3) is 0 Å². The van der Waals surface area contributed by atoms with Gasteiger partial charge in [0.05, 0.1) is 5.69 Å². The molecule has 0 saturated carbocycles. The molecule has 2 aromatic carbocycles. The average molecular weight is 299 g/mol. The molecule has 0 spiro atoms. The molecule has 0 aromatic heterocycles. The van der Waals surface area contributed by atoms with Gasteiger partial charge in [-0.05, 0) is 45.0 Å². The number of nitrogens with zero attached hydrogens (tertiary/aromatic N) is 2. The van der Waals surface area contributed by atoms with Crippen molar-refractivity contribution in [2.75, 3.05) is 4.90 Å². The minimum absolute atomic E-state index is 0.423. The predicted octanol–water partition coefficient (Wildman–Crippen LogP) is 5.57. The van der Waals surface area contributed by atoms with E-state index in [1.807, 2.05) is 60.4 Å². The maximum Gasteiger partial charge on any atom is 0.111 e. The fraction of sp³-hybridized carbons (Fsp3) is 0.167. The standard InChI is InChI=1S/C18H19ClN2/c1-13-5-9-17(10-6-13)20-16(4)21(15(3)19)18-11-7-14(2)8-12-18/h5-12H,3H2,1-2,4H3. The molecule has 0 heterocycles. The van der Waals surface area contributed by atoms with Crippen LogP contribution < -0.4 is 4.90 Å². The summed E-state index contributed by atoms with van der Waals surface area (Å²) in [5.41, 5.74) is 4.26. The van der Waals surface area contributed by atoms with Crippen molar-refractivity contribution in [1.29, 1.82) is 0 Å². The highest BCUT2D eigenvalue weighted by Gasteiger charge is 2.12. The summed E-state index contributed by atoms with van der Waals surface area (Å²) in [6.07, 6.45) is 0. The number of rotatable bonds is 3. The molecule has 108 valence electrons. The van der Waals surface area contributed by atoms with Gasteiger partial charge < -0.3 is 0 Å². The quantitative estimate of drug-likeness (QED) is 0.411. The molecule has 3 heteroatoms. The third-order valence-corrected chi connectivity index (χ3v) is 3.35. The second kappa shape index (κ2) is 6.59. The highest BCUT2D eigenvalue weighted by molar-refractivity contribution is 6.33. The van der Waals surface area contributed by atoms with Crippen LogP contribution in [-0.2, 0) is 0 Å². The fourth-order valence-corrected chi connectivity index (χ4v) is 2.27. The van der Waals surface area contributed by atoms with Crippen molar-refractivity contribution in [3.63, 3.8) is 0 Å². The van der Waals surface area contributed by atoms with Crippen LogP contribution in [0.3, 0.4) is 0 Å². The van der Waals surface area contributed by atoms with Crippen LogP contribution in [0.2, 0.25) is 0 Å². The van der Waals surface area contributed by atoms with E-state index < -0.39 is 0 Å². The zero-order valence-corrected chi connectivity index (χ0v) is 13.4. The van der Waals surface area contributed by atoms with Crippen LogP contribution in [-0.4, -0.2) is 5.84 Å². The van der Waals surface area contributed by atoms with Crippen LogP contribution in [0.5, 0.6) is 0 Å². The molecule has 0 radical (unpaired) electrons. The van der Waals surface area contributed by atoms with E-state index in [0.717, 1.165) is 17.2 Å². The van der Waals surface area contributed by atoms with Crippen molar-refractivity contribution in [2.45, 2.75) is 20.8 Å². The van der Waals surface area contributed by atoms with Crippen LogP contribution >= 0.6 is 11.6 Å². The molecule has 0 amide bonds. The van der Waals surface area contributed by atoms with Crippen LogP contribution in [0.1, 0.15) is 18.1 Å². The lowest BCUT2D eigenvalue weighted by molar-refractivity contribution is 1.27. The number of aryl methyl sites for hydroxylation is 2. The van der Waals surface area contributed by atoms with E-state index in [-0.39, 0.29) is 0 Å². The number of hydrogen-bond acceptors (Lipinski definition) is 1. The summed E-state index contributed by atoms with van der Waals surface area (Å²) in [5.74, 6) is 0.780. The smallest absolute Gasteiger partial charge is 0.111 e. The van der Waals surface area contributed by atoms with Crippen molar-refractivity contribution in [1.82, 2.24) is 0 Å². The van der Waals surface area contributed by atoms with Crippen LogP contribution in [0.4, 0.5) is 11.4 Å². The number of amidine groups is 1. The molecule has 0 atom stereocenters. The molecule has 0 saturated heterocycles. The third kappa shape index (κ3) is 3.96. The lowest BCUT2D eigenvalue weighted by Gasteiger charge is -2.23. The van der Waals surface area contributed by atoms with Gasteiger partial charge in [-0.3, -0.25) is 4.90 Å². The molecule has 0 aliphatic rings. The first-order valence-corrected chi connectivity index (χ1v) is 7.18. The Balaban J connectivity index is 2.35. The molecule has 21 heavy (non-hydrogen) atoms. The van der Waals surface area contributed by atoms with Crippen LogP contribution in [0, 0.1) is 13.8 Å². The molecule has 2 nitrogen and oxygen atoms in total. The van der Waals surface area contributed by atoms with Gasteiger partial charge in [0, 0.05) is 5.69 Å². The van der Waals surface area contributed by atoms with Crippen molar-refractivity contribution in [3.8, 4) is 0 Å². The maximum atomic E-state index is 6.16. The van der Waals surface area contributed by atoms with Gasteiger partial charge in [0.2, 0.25) is 0 Å². The monoisotopic (exact) mass is 298 g/mol. The maximum absolute atomic E-state index is 6.16. The van der Waals surface area contributed by atoms with E-state index >= 15 is 0 Å². The Morgan fingerprint density at radius 3 is 1.90 bits per heavy atom. The van der Waals surface area contributed by atoms with E-state index in [1.165, 1.54) is 11.1 Å². The molecule has 0 aliphatic heterocycles. The first-order valence-electron chi connectivity index (χ1n) is 6.80. The van der Waals surface area contributed by atoms with Crippen molar-refractivity contribution in [3.05, 3.63) is 71.4 Å². The summed E-state index contributed by atoms with van der Waals surface area (Å²) in [7, 11) is 0. The Hall–Kier alpha value is -2.06. The minimum Gasteiger partial charge on any atom is -0.289 e. The minimum atomic E-state index is 0.423. The molecule has 0 unspecified atom stereocenters. The lowest BCUT2D eigenvalue weighted by Crippen LogP contribution is -2.25. The second-order valence-corrected chi connectivity index (χ2v) is 5.48. The van der Waals surface area contributed by atoms with E-state index in [4.69, 9.17) is 11.6 Å². The number of aliphatic imine (C=N–C) groups is 1. The zero-order valence-electron chi connectivity index (χ0n) is 12.6.